The number of rotatable bonds is 5. The van der Waals surface area contributed by atoms with Gasteiger partial charge in [0.05, 0.1) is 13.0 Å². The van der Waals surface area contributed by atoms with Gasteiger partial charge in [0.25, 0.3) is 0 Å². The first-order valence-electron chi connectivity index (χ1n) is 5.51. The van der Waals surface area contributed by atoms with Crippen molar-refractivity contribution in [3.8, 4) is 0 Å². The molecule has 0 spiro atoms. The largest absolute Gasteiger partial charge is 0.406 e. The highest BCUT2D eigenvalue weighted by Crippen LogP contribution is 2.17. The third-order valence-corrected chi connectivity index (χ3v) is 2.34. The zero-order valence-corrected chi connectivity index (χ0v) is 9.95. The molecular formula is C12H13F4NO2. The van der Waals surface area contributed by atoms with Crippen molar-refractivity contribution in [2.45, 2.75) is 12.6 Å². The molecule has 0 aliphatic heterocycles. The lowest BCUT2D eigenvalue weighted by molar-refractivity contribution is -0.161. The number of carbonyl (C=O) groups excluding carboxylic acids is 1. The number of hydrogen-bond donors (Lipinski definition) is 1. The van der Waals surface area contributed by atoms with Crippen LogP contribution in [0.5, 0.6) is 0 Å². The van der Waals surface area contributed by atoms with Crippen LogP contribution in [0, 0.1) is 5.82 Å². The highest BCUT2D eigenvalue weighted by Gasteiger charge is 2.32. The van der Waals surface area contributed by atoms with E-state index in [0.717, 1.165) is 6.07 Å². The van der Waals surface area contributed by atoms with E-state index in [-0.39, 0.29) is 12.0 Å². The van der Waals surface area contributed by atoms with Gasteiger partial charge in [-0.25, -0.2) is 4.39 Å². The average Bonchev–Trinajstić information content (AvgIpc) is 2.26. The van der Waals surface area contributed by atoms with Crippen molar-refractivity contribution in [3.63, 3.8) is 0 Å². The summed E-state index contributed by atoms with van der Waals surface area (Å²) in [5.74, 6) is -1.37. The van der Waals surface area contributed by atoms with Gasteiger partial charge < -0.3 is 10.0 Å². The zero-order chi connectivity index (χ0) is 14.5. The third kappa shape index (κ3) is 5.69. The van der Waals surface area contributed by atoms with Crippen LogP contribution in [-0.4, -0.2) is 41.8 Å². The molecule has 0 aliphatic carbocycles. The van der Waals surface area contributed by atoms with Gasteiger partial charge in [0.2, 0.25) is 5.91 Å². The molecule has 0 aromatic heterocycles. The SMILES string of the molecule is O=C(Cc1cccc(F)c1)N(CCO)CC(F)(F)F. The van der Waals surface area contributed by atoms with Gasteiger partial charge in [0, 0.05) is 6.54 Å². The molecule has 1 amide bonds. The fourth-order valence-electron chi connectivity index (χ4n) is 1.56. The van der Waals surface area contributed by atoms with Crippen LogP contribution in [0.1, 0.15) is 5.56 Å². The van der Waals surface area contributed by atoms with Crippen LogP contribution in [0.25, 0.3) is 0 Å². The van der Waals surface area contributed by atoms with E-state index in [0.29, 0.717) is 4.90 Å². The van der Waals surface area contributed by atoms with Crippen molar-refractivity contribution in [3.05, 3.63) is 35.6 Å². The maximum Gasteiger partial charge on any atom is 0.406 e. The Labute approximate surface area is 107 Å². The van der Waals surface area contributed by atoms with Crippen molar-refractivity contribution in [2.75, 3.05) is 19.7 Å². The number of aliphatic hydroxyl groups excluding tert-OH is 1. The highest BCUT2D eigenvalue weighted by atomic mass is 19.4. The molecule has 106 valence electrons. The minimum Gasteiger partial charge on any atom is -0.395 e. The number of halogens is 4. The molecule has 0 heterocycles. The van der Waals surface area contributed by atoms with Crippen LogP contribution >= 0.6 is 0 Å². The maximum absolute atomic E-state index is 12.9. The van der Waals surface area contributed by atoms with Crippen LogP contribution in [0.15, 0.2) is 24.3 Å². The Morgan fingerprint density at radius 1 is 1.32 bits per heavy atom. The molecule has 1 aromatic rings. The summed E-state index contributed by atoms with van der Waals surface area (Å²) >= 11 is 0. The van der Waals surface area contributed by atoms with E-state index in [4.69, 9.17) is 5.11 Å². The Bertz CT molecular complexity index is 434. The van der Waals surface area contributed by atoms with Gasteiger partial charge in [0.1, 0.15) is 12.4 Å². The molecule has 7 heteroatoms. The second-order valence-corrected chi connectivity index (χ2v) is 3.96. The van der Waals surface area contributed by atoms with Gasteiger partial charge in [-0.3, -0.25) is 4.79 Å². The summed E-state index contributed by atoms with van der Waals surface area (Å²) < 4.78 is 49.7. The van der Waals surface area contributed by atoms with Gasteiger partial charge in [-0.05, 0) is 17.7 Å². The summed E-state index contributed by atoms with van der Waals surface area (Å²) in [6.45, 7) is -2.40. The van der Waals surface area contributed by atoms with E-state index in [1.807, 2.05) is 0 Å². The summed E-state index contributed by atoms with van der Waals surface area (Å²) in [5, 5.41) is 8.67. The first-order chi connectivity index (χ1) is 8.81. The van der Waals surface area contributed by atoms with Crippen LogP contribution in [0.2, 0.25) is 0 Å². The summed E-state index contributed by atoms with van der Waals surface area (Å²) in [5.41, 5.74) is 0.287. The molecule has 19 heavy (non-hydrogen) atoms. The molecular weight excluding hydrogens is 266 g/mol. The number of hydrogen-bond acceptors (Lipinski definition) is 2. The summed E-state index contributed by atoms with van der Waals surface area (Å²) in [6, 6.07) is 5.08. The lowest BCUT2D eigenvalue weighted by atomic mass is 10.1. The molecule has 3 nitrogen and oxygen atoms in total. The number of nitrogens with zero attached hydrogens (tertiary/aromatic N) is 1. The minimum absolute atomic E-state index is 0.287. The molecule has 0 aliphatic rings. The van der Waals surface area contributed by atoms with E-state index < -0.39 is 37.6 Å². The summed E-state index contributed by atoms with van der Waals surface area (Å²) in [6.07, 6.45) is -4.87. The number of aliphatic hydroxyl groups is 1. The second kappa shape index (κ2) is 6.51. The lowest BCUT2D eigenvalue weighted by Crippen LogP contribution is -2.41. The van der Waals surface area contributed by atoms with Crippen molar-refractivity contribution >= 4 is 5.91 Å². The molecule has 0 radical (unpaired) electrons. The molecule has 0 bridgehead atoms. The van der Waals surface area contributed by atoms with Gasteiger partial charge in [-0.15, -0.1) is 0 Å². The predicted octanol–water partition coefficient (Wildman–Crippen LogP) is 1.75. The fraction of sp³-hybridized carbons (Fsp3) is 0.417. The monoisotopic (exact) mass is 279 g/mol. The second-order valence-electron chi connectivity index (χ2n) is 3.96. The van der Waals surface area contributed by atoms with Crippen LogP contribution in [-0.2, 0) is 11.2 Å². The first-order valence-corrected chi connectivity index (χ1v) is 5.51. The van der Waals surface area contributed by atoms with Gasteiger partial charge in [-0.2, -0.15) is 13.2 Å². The topological polar surface area (TPSA) is 40.5 Å². The van der Waals surface area contributed by atoms with Crippen molar-refractivity contribution < 1.29 is 27.5 Å². The lowest BCUT2D eigenvalue weighted by Gasteiger charge is -2.23. The molecule has 0 saturated heterocycles. The summed E-state index contributed by atoms with van der Waals surface area (Å²) in [7, 11) is 0. The number of carbonyl (C=O) groups is 1. The van der Waals surface area contributed by atoms with Crippen LogP contribution in [0.3, 0.4) is 0 Å². The normalized spacial score (nSPS) is 11.4. The standard InChI is InChI=1S/C12H13F4NO2/c13-10-3-1-2-9(6-10)7-11(19)17(4-5-18)8-12(14,15)16/h1-3,6,18H,4-5,7-8H2. The molecule has 0 saturated carbocycles. The average molecular weight is 279 g/mol. The minimum atomic E-state index is -4.53. The summed E-state index contributed by atoms with van der Waals surface area (Å²) in [4.78, 5) is 12.2. The van der Waals surface area contributed by atoms with Gasteiger partial charge >= 0.3 is 6.18 Å². The number of amides is 1. The Morgan fingerprint density at radius 2 is 2.00 bits per heavy atom. The number of benzene rings is 1. The predicted molar refractivity (Wildman–Crippen MR) is 59.8 cm³/mol. The molecule has 0 fully saturated rings. The molecule has 0 atom stereocenters. The Morgan fingerprint density at radius 3 is 2.53 bits per heavy atom. The smallest absolute Gasteiger partial charge is 0.395 e. The van der Waals surface area contributed by atoms with Crippen molar-refractivity contribution in [2.24, 2.45) is 0 Å². The Kier molecular flexibility index (Phi) is 5.29. The fourth-order valence-corrected chi connectivity index (χ4v) is 1.56. The molecule has 1 aromatic carbocycles. The van der Waals surface area contributed by atoms with E-state index in [2.05, 4.69) is 0 Å². The third-order valence-electron chi connectivity index (χ3n) is 2.34. The quantitative estimate of drug-likeness (QED) is 0.834. The van der Waals surface area contributed by atoms with Crippen LogP contribution in [0.4, 0.5) is 17.6 Å². The van der Waals surface area contributed by atoms with Crippen molar-refractivity contribution in [1.29, 1.82) is 0 Å². The van der Waals surface area contributed by atoms with Crippen LogP contribution < -0.4 is 0 Å². The molecule has 0 unspecified atom stereocenters. The maximum atomic E-state index is 12.9. The van der Waals surface area contributed by atoms with E-state index >= 15 is 0 Å². The highest BCUT2D eigenvalue weighted by molar-refractivity contribution is 5.78. The van der Waals surface area contributed by atoms with E-state index in [1.54, 1.807) is 0 Å². The zero-order valence-electron chi connectivity index (χ0n) is 9.95. The van der Waals surface area contributed by atoms with E-state index in [9.17, 15) is 22.4 Å². The number of alkyl halides is 3. The Hall–Kier alpha value is -1.63. The molecule has 1 N–H and O–H groups in total. The first kappa shape index (κ1) is 15.4. The van der Waals surface area contributed by atoms with E-state index in [1.165, 1.54) is 18.2 Å². The Balaban J connectivity index is 2.71. The van der Waals surface area contributed by atoms with Crippen molar-refractivity contribution in [1.82, 2.24) is 4.90 Å². The van der Waals surface area contributed by atoms with Gasteiger partial charge in [-0.1, -0.05) is 12.1 Å². The molecule has 1 rings (SSSR count). The van der Waals surface area contributed by atoms with Gasteiger partial charge in [0.15, 0.2) is 0 Å².